The summed E-state index contributed by atoms with van der Waals surface area (Å²) >= 11 is 3.59. The van der Waals surface area contributed by atoms with Gasteiger partial charge in [0.25, 0.3) is 15.9 Å². The van der Waals surface area contributed by atoms with E-state index in [4.69, 9.17) is 4.74 Å². The molecule has 0 unspecified atom stereocenters. The van der Waals surface area contributed by atoms with Gasteiger partial charge in [-0.2, -0.15) is 10.1 Å². The maximum atomic E-state index is 14.3. The van der Waals surface area contributed by atoms with Crippen LogP contribution in [0.1, 0.15) is 54.2 Å². The lowest BCUT2D eigenvalue weighted by molar-refractivity contribution is 0.0955. The molecule has 0 saturated carbocycles. The zero-order valence-corrected chi connectivity index (χ0v) is 27.7. The van der Waals surface area contributed by atoms with E-state index in [0.29, 0.717) is 28.0 Å². The molecule has 2 aromatic carbocycles. The minimum absolute atomic E-state index is 0.0836. The number of hydrogen-bond donors (Lipinski definition) is 1. The normalized spacial score (nSPS) is 16.9. The average Bonchev–Trinajstić information content (AvgIpc) is 3.25. The maximum absolute atomic E-state index is 14.3. The van der Waals surface area contributed by atoms with Gasteiger partial charge in [-0.15, -0.1) is 0 Å². The van der Waals surface area contributed by atoms with Gasteiger partial charge in [0.05, 0.1) is 28.5 Å². The number of sulfonamides is 1. The summed E-state index contributed by atoms with van der Waals surface area (Å²) in [7, 11) is -2.40. The highest BCUT2D eigenvalue weighted by molar-refractivity contribution is 9.10. The van der Waals surface area contributed by atoms with Crippen LogP contribution in [0.25, 0.3) is 11.3 Å². The highest BCUT2D eigenvalue weighted by Crippen LogP contribution is 2.36. The Balaban J connectivity index is 1.77. The van der Waals surface area contributed by atoms with E-state index in [9.17, 15) is 13.2 Å². The zero-order chi connectivity index (χ0) is 31.3. The van der Waals surface area contributed by atoms with Crippen molar-refractivity contribution in [3.05, 3.63) is 75.5 Å². The number of anilines is 2. The quantitative estimate of drug-likeness (QED) is 0.276. The number of aryl methyl sites for hydroxylation is 3. The number of halogens is 1. The molecule has 10 nitrogen and oxygen atoms in total. The van der Waals surface area contributed by atoms with Crippen LogP contribution >= 0.6 is 15.9 Å². The molecular weight excluding hydrogens is 632 g/mol. The predicted molar refractivity (Wildman–Crippen MR) is 170 cm³/mol. The van der Waals surface area contributed by atoms with Gasteiger partial charge in [0.15, 0.2) is 0 Å². The van der Waals surface area contributed by atoms with Gasteiger partial charge in [0, 0.05) is 23.7 Å². The first-order valence-electron chi connectivity index (χ1n) is 13.9. The SMILES string of the molecule is Cc1cccc(C)c1-c1nc2nc(c1C)OC[C@@H](CC(C)(C)C)N(c1cnn(C)c1Br)C(=O)c1cccc(c1)S(=O)(=O)N2. The first-order valence-corrected chi connectivity index (χ1v) is 16.2. The number of aromatic nitrogens is 4. The summed E-state index contributed by atoms with van der Waals surface area (Å²) in [5, 5.41) is 4.36. The van der Waals surface area contributed by atoms with E-state index in [1.165, 1.54) is 12.1 Å². The van der Waals surface area contributed by atoms with Crippen LogP contribution in [0, 0.1) is 26.2 Å². The van der Waals surface area contributed by atoms with Crippen molar-refractivity contribution in [1.82, 2.24) is 19.7 Å². The molecule has 1 amide bonds. The summed E-state index contributed by atoms with van der Waals surface area (Å²) in [6.07, 6.45) is 2.18. The smallest absolute Gasteiger partial charge is 0.264 e. The number of amides is 1. The Morgan fingerprint density at radius 1 is 1.07 bits per heavy atom. The highest BCUT2D eigenvalue weighted by atomic mass is 79.9. The van der Waals surface area contributed by atoms with Crippen molar-refractivity contribution in [3.8, 4) is 17.1 Å². The number of fused-ring (bicyclic) bond motifs is 4. The number of hydrogen-bond acceptors (Lipinski definition) is 7. The Bertz CT molecular complexity index is 1810. The third-order valence-electron chi connectivity index (χ3n) is 7.39. The molecule has 1 aliphatic rings. The van der Waals surface area contributed by atoms with Gasteiger partial charge < -0.3 is 4.74 Å². The van der Waals surface area contributed by atoms with Crippen molar-refractivity contribution in [3.63, 3.8) is 0 Å². The lowest BCUT2D eigenvalue weighted by Gasteiger charge is -2.35. The fourth-order valence-electron chi connectivity index (χ4n) is 5.38. The number of nitrogens with zero attached hydrogens (tertiary/aromatic N) is 5. The van der Waals surface area contributed by atoms with Crippen LogP contribution in [-0.2, 0) is 17.1 Å². The molecule has 0 radical (unpaired) electrons. The number of carbonyl (C=O) groups excluding carboxylic acids is 1. The Morgan fingerprint density at radius 2 is 1.74 bits per heavy atom. The molecule has 1 N–H and O–H groups in total. The number of ether oxygens (including phenoxy) is 1. The largest absolute Gasteiger partial charge is 0.475 e. The number of carbonyl (C=O) groups is 1. The van der Waals surface area contributed by atoms with E-state index in [1.807, 2.05) is 39.0 Å². The number of rotatable bonds is 3. The van der Waals surface area contributed by atoms with Crippen LogP contribution in [-0.4, -0.2) is 46.7 Å². The van der Waals surface area contributed by atoms with E-state index in [0.717, 1.165) is 16.7 Å². The van der Waals surface area contributed by atoms with Crippen LogP contribution in [0.2, 0.25) is 0 Å². The molecule has 0 aliphatic carbocycles. The summed E-state index contributed by atoms with van der Waals surface area (Å²) in [5.41, 5.74) is 4.62. The maximum Gasteiger partial charge on any atom is 0.264 e. The standard InChI is InChI=1S/C31H35BrN6O4S/c1-18-10-8-11-19(2)25(18)26-20(3)28-35-30(34-26)36-43(40,41)23-13-9-12-21(14-23)29(39)38(24-16-33-37(7)27(24)32)22(17-42-28)15-31(4,5)6/h8-14,16,22H,15,17H2,1-7H3,(H,34,35,36)/t22-/m1/s1. The molecule has 43 heavy (non-hydrogen) atoms. The van der Waals surface area contributed by atoms with Gasteiger partial charge in [0.2, 0.25) is 11.8 Å². The molecule has 3 heterocycles. The lowest BCUT2D eigenvalue weighted by Crippen LogP contribution is -2.46. The van der Waals surface area contributed by atoms with Crippen LogP contribution in [0.15, 0.2) is 58.2 Å². The van der Waals surface area contributed by atoms with Crippen molar-refractivity contribution < 1.29 is 17.9 Å². The Hall–Kier alpha value is -3.77. The molecule has 1 atom stereocenters. The molecule has 12 heteroatoms. The fourth-order valence-corrected chi connectivity index (χ4v) is 6.75. The minimum atomic E-state index is -4.17. The molecule has 226 valence electrons. The summed E-state index contributed by atoms with van der Waals surface area (Å²) in [4.78, 5) is 25.1. The molecular formula is C31H35BrN6O4S. The molecule has 5 rings (SSSR count). The predicted octanol–water partition coefficient (Wildman–Crippen LogP) is 6.21. The molecule has 1 aliphatic heterocycles. The number of benzene rings is 2. The van der Waals surface area contributed by atoms with Gasteiger partial charge in [-0.25, -0.2) is 18.1 Å². The van der Waals surface area contributed by atoms with Crippen molar-refractivity contribution in [2.75, 3.05) is 16.2 Å². The van der Waals surface area contributed by atoms with E-state index in [2.05, 4.69) is 56.5 Å². The van der Waals surface area contributed by atoms with Gasteiger partial charge in [-0.05, 0) is 77.9 Å². The first kappa shape index (κ1) is 30.7. The van der Waals surface area contributed by atoms with Crippen LogP contribution in [0.3, 0.4) is 0 Å². The Kier molecular flexibility index (Phi) is 8.12. The van der Waals surface area contributed by atoms with Crippen LogP contribution < -0.4 is 14.4 Å². The van der Waals surface area contributed by atoms with Crippen molar-refractivity contribution in [2.45, 2.75) is 58.9 Å². The van der Waals surface area contributed by atoms with Gasteiger partial charge >= 0.3 is 0 Å². The second kappa shape index (κ2) is 11.4. The van der Waals surface area contributed by atoms with Gasteiger partial charge in [-0.3, -0.25) is 14.4 Å². The minimum Gasteiger partial charge on any atom is -0.475 e. The molecule has 0 fully saturated rings. The van der Waals surface area contributed by atoms with Gasteiger partial charge in [-0.1, -0.05) is 45.0 Å². The van der Waals surface area contributed by atoms with Crippen LogP contribution in [0.4, 0.5) is 11.6 Å². The third kappa shape index (κ3) is 6.16. The molecule has 4 bridgehead atoms. The molecule has 0 spiro atoms. The molecule has 2 aromatic heterocycles. The summed E-state index contributed by atoms with van der Waals surface area (Å²) in [6.45, 7) is 12.2. The molecule has 4 aromatic rings. The molecule has 0 saturated heterocycles. The summed E-state index contributed by atoms with van der Waals surface area (Å²) < 4.78 is 38.5. The Labute approximate surface area is 260 Å². The van der Waals surface area contributed by atoms with Crippen molar-refractivity contribution in [2.24, 2.45) is 12.5 Å². The topological polar surface area (TPSA) is 119 Å². The van der Waals surface area contributed by atoms with Gasteiger partial charge in [0.1, 0.15) is 11.2 Å². The third-order valence-corrected chi connectivity index (χ3v) is 9.63. The zero-order valence-electron chi connectivity index (χ0n) is 25.3. The summed E-state index contributed by atoms with van der Waals surface area (Å²) in [6, 6.07) is 11.4. The average molecular weight is 668 g/mol. The van der Waals surface area contributed by atoms with E-state index < -0.39 is 16.1 Å². The van der Waals surface area contributed by atoms with E-state index in [1.54, 1.807) is 35.0 Å². The van der Waals surface area contributed by atoms with Crippen LogP contribution in [0.5, 0.6) is 5.88 Å². The Morgan fingerprint density at radius 3 is 2.37 bits per heavy atom. The first-order chi connectivity index (χ1) is 20.2. The van der Waals surface area contributed by atoms with Crippen molar-refractivity contribution in [1.29, 1.82) is 0 Å². The van der Waals surface area contributed by atoms with E-state index >= 15 is 0 Å². The lowest BCUT2D eigenvalue weighted by atomic mass is 9.87. The number of nitrogens with one attached hydrogen (secondary N) is 1. The second-order valence-corrected chi connectivity index (χ2v) is 14.5. The summed E-state index contributed by atoms with van der Waals surface area (Å²) in [5.74, 6) is -0.269. The van der Waals surface area contributed by atoms with Crippen molar-refractivity contribution >= 4 is 43.5 Å². The highest BCUT2D eigenvalue weighted by Gasteiger charge is 2.34. The fraction of sp³-hybridized carbons (Fsp3) is 0.355. The monoisotopic (exact) mass is 666 g/mol. The second-order valence-electron chi connectivity index (χ2n) is 12.1. The van der Waals surface area contributed by atoms with E-state index in [-0.39, 0.29) is 40.2 Å².